The molecule has 0 unspecified atom stereocenters. The number of halogens is 2. The van der Waals surface area contributed by atoms with Crippen LogP contribution in [-0.4, -0.2) is 29.7 Å². The van der Waals surface area contributed by atoms with Gasteiger partial charge in [-0.05, 0) is 54.0 Å². The minimum absolute atomic E-state index is 0.137. The van der Waals surface area contributed by atoms with Crippen molar-refractivity contribution in [1.29, 1.82) is 0 Å². The molecular weight excluding hydrogens is 410 g/mol. The van der Waals surface area contributed by atoms with Gasteiger partial charge in [0.25, 0.3) is 0 Å². The molecule has 1 fully saturated rings. The van der Waals surface area contributed by atoms with Crippen LogP contribution in [0.4, 0.5) is 8.78 Å². The van der Waals surface area contributed by atoms with Crippen LogP contribution >= 0.6 is 0 Å². The Morgan fingerprint density at radius 3 is 2.62 bits per heavy atom. The van der Waals surface area contributed by atoms with Gasteiger partial charge in [0.05, 0.1) is 28.1 Å². The highest BCUT2D eigenvalue weighted by Gasteiger charge is 2.65. The maximum atomic E-state index is 14.4. The molecule has 1 saturated carbocycles. The summed E-state index contributed by atoms with van der Waals surface area (Å²) in [5.74, 6) is -0.553. The van der Waals surface area contributed by atoms with Gasteiger partial charge in [0.1, 0.15) is 18.0 Å². The van der Waals surface area contributed by atoms with E-state index in [9.17, 15) is 8.78 Å². The van der Waals surface area contributed by atoms with Crippen molar-refractivity contribution in [3.63, 3.8) is 0 Å². The second kappa shape index (κ2) is 6.48. The van der Waals surface area contributed by atoms with Crippen LogP contribution < -0.4 is 0 Å². The Hall–Kier alpha value is -3.55. The summed E-state index contributed by atoms with van der Waals surface area (Å²) in [6, 6.07) is 7.58. The molecule has 2 atom stereocenters. The topological polar surface area (TPSA) is 69.4 Å². The van der Waals surface area contributed by atoms with Gasteiger partial charge in [-0.25, -0.2) is 23.7 Å². The van der Waals surface area contributed by atoms with Gasteiger partial charge < -0.3 is 0 Å². The molecule has 0 aliphatic heterocycles. The Morgan fingerprint density at radius 2 is 1.88 bits per heavy atom. The molecule has 32 heavy (non-hydrogen) atoms. The van der Waals surface area contributed by atoms with Crippen LogP contribution in [0.1, 0.15) is 49.6 Å². The predicted octanol–water partition coefficient (Wildman–Crippen LogP) is 4.60. The Morgan fingerprint density at radius 1 is 1.06 bits per heavy atom. The molecule has 0 spiro atoms. The Balaban J connectivity index is 1.54. The SMILES string of the molecule is CC1(C)[C@H]2CC[C@]1(c1ccnc(-n3ccnc3)n1)c1nnc(-c3c(F)cccc3F)cc12. The molecule has 160 valence electrons. The van der Waals surface area contributed by atoms with Gasteiger partial charge in [-0.15, -0.1) is 5.10 Å². The largest absolute Gasteiger partial charge is 0.274 e. The van der Waals surface area contributed by atoms with Gasteiger partial charge in [-0.2, -0.15) is 5.10 Å². The van der Waals surface area contributed by atoms with Crippen molar-refractivity contribution in [2.75, 3.05) is 0 Å². The number of rotatable bonds is 3. The first-order chi connectivity index (χ1) is 15.4. The zero-order valence-corrected chi connectivity index (χ0v) is 17.6. The van der Waals surface area contributed by atoms with E-state index in [1.807, 2.05) is 12.1 Å². The first-order valence-corrected chi connectivity index (χ1v) is 10.6. The van der Waals surface area contributed by atoms with Crippen molar-refractivity contribution in [3.05, 3.63) is 83.8 Å². The molecule has 3 heterocycles. The summed E-state index contributed by atoms with van der Waals surface area (Å²) < 4.78 is 30.6. The molecule has 6 nitrogen and oxygen atoms in total. The monoisotopic (exact) mass is 430 g/mol. The molecule has 0 N–H and O–H groups in total. The van der Waals surface area contributed by atoms with E-state index < -0.39 is 17.0 Å². The summed E-state index contributed by atoms with van der Waals surface area (Å²) in [4.78, 5) is 13.4. The molecule has 1 aromatic carbocycles. The van der Waals surface area contributed by atoms with Crippen molar-refractivity contribution >= 4 is 0 Å². The quantitative estimate of drug-likeness (QED) is 0.475. The Bertz CT molecular complexity index is 1330. The maximum Gasteiger partial charge on any atom is 0.235 e. The number of hydrogen-bond acceptors (Lipinski definition) is 5. The van der Waals surface area contributed by atoms with Gasteiger partial charge in [-0.1, -0.05) is 19.9 Å². The number of aromatic nitrogens is 6. The molecule has 2 bridgehead atoms. The fourth-order valence-electron chi connectivity index (χ4n) is 5.84. The van der Waals surface area contributed by atoms with Crippen molar-refractivity contribution < 1.29 is 8.78 Å². The minimum atomic E-state index is -0.642. The molecule has 6 rings (SSSR count). The number of imidazole rings is 1. The van der Waals surface area contributed by atoms with E-state index in [-0.39, 0.29) is 22.6 Å². The van der Waals surface area contributed by atoms with E-state index in [0.29, 0.717) is 5.95 Å². The highest BCUT2D eigenvalue weighted by molar-refractivity contribution is 5.64. The first-order valence-electron chi connectivity index (χ1n) is 10.6. The third kappa shape index (κ3) is 2.35. The van der Waals surface area contributed by atoms with Gasteiger partial charge in [0, 0.05) is 18.6 Å². The molecule has 2 aliphatic rings. The number of benzene rings is 1. The zero-order chi connectivity index (χ0) is 22.1. The molecule has 2 aliphatic carbocycles. The number of hydrogen-bond donors (Lipinski definition) is 0. The maximum absolute atomic E-state index is 14.4. The van der Waals surface area contributed by atoms with Crippen LogP contribution in [-0.2, 0) is 5.41 Å². The number of fused-ring (bicyclic) bond motifs is 5. The third-order valence-electron chi connectivity index (χ3n) is 7.42. The van der Waals surface area contributed by atoms with Gasteiger partial charge in [0.15, 0.2) is 0 Å². The predicted molar refractivity (Wildman–Crippen MR) is 113 cm³/mol. The third-order valence-corrected chi connectivity index (χ3v) is 7.42. The van der Waals surface area contributed by atoms with Crippen LogP contribution in [0.15, 0.2) is 55.2 Å². The van der Waals surface area contributed by atoms with E-state index in [1.165, 1.54) is 18.2 Å². The van der Waals surface area contributed by atoms with E-state index >= 15 is 0 Å². The summed E-state index contributed by atoms with van der Waals surface area (Å²) in [5, 5.41) is 8.86. The van der Waals surface area contributed by atoms with Crippen LogP contribution in [0.25, 0.3) is 17.2 Å². The van der Waals surface area contributed by atoms with E-state index in [0.717, 1.165) is 29.8 Å². The summed E-state index contributed by atoms with van der Waals surface area (Å²) in [5.41, 5.74) is 2.15. The van der Waals surface area contributed by atoms with E-state index in [2.05, 4.69) is 34.0 Å². The van der Waals surface area contributed by atoms with Gasteiger partial charge in [0.2, 0.25) is 5.95 Å². The second-order valence-corrected chi connectivity index (χ2v) is 9.06. The lowest BCUT2D eigenvalue weighted by Crippen LogP contribution is -2.38. The van der Waals surface area contributed by atoms with Crippen molar-refractivity contribution in [1.82, 2.24) is 29.7 Å². The average molecular weight is 430 g/mol. The first kappa shape index (κ1) is 19.2. The van der Waals surface area contributed by atoms with Crippen molar-refractivity contribution in [2.24, 2.45) is 5.41 Å². The summed E-state index contributed by atoms with van der Waals surface area (Å²) in [7, 11) is 0. The average Bonchev–Trinajstić information content (AvgIpc) is 3.45. The van der Waals surface area contributed by atoms with Crippen LogP contribution in [0, 0.1) is 17.0 Å². The lowest BCUT2D eigenvalue weighted by atomic mass is 9.66. The van der Waals surface area contributed by atoms with Gasteiger partial charge in [-0.3, -0.25) is 4.57 Å². The molecule has 3 aromatic heterocycles. The zero-order valence-electron chi connectivity index (χ0n) is 17.6. The van der Waals surface area contributed by atoms with E-state index in [4.69, 9.17) is 4.98 Å². The van der Waals surface area contributed by atoms with Crippen LogP contribution in [0.5, 0.6) is 0 Å². The molecule has 0 amide bonds. The second-order valence-electron chi connectivity index (χ2n) is 9.06. The lowest BCUT2D eigenvalue weighted by Gasteiger charge is -2.37. The highest BCUT2D eigenvalue weighted by atomic mass is 19.1. The summed E-state index contributed by atoms with van der Waals surface area (Å²) in [6.45, 7) is 4.43. The minimum Gasteiger partial charge on any atom is -0.274 e. The molecular formula is C24H20F2N6. The molecule has 8 heteroatoms. The van der Waals surface area contributed by atoms with Gasteiger partial charge >= 0.3 is 0 Å². The standard InChI is InChI=1S/C24H20F2N6/c1-23(2)15-6-8-24(23,19-7-9-28-22(29-19)32-11-10-27-13-32)21-14(15)12-18(30-31-21)20-16(25)4-3-5-17(20)26/h3-5,7,9-13,15H,6,8H2,1-2H3/t15-,24-/m0/s1. The van der Waals surface area contributed by atoms with Crippen molar-refractivity contribution in [2.45, 2.75) is 38.0 Å². The Kier molecular flexibility index (Phi) is 3.88. The molecule has 0 radical (unpaired) electrons. The smallest absolute Gasteiger partial charge is 0.235 e. The van der Waals surface area contributed by atoms with Crippen LogP contribution in [0.3, 0.4) is 0 Å². The fourth-order valence-corrected chi connectivity index (χ4v) is 5.84. The lowest BCUT2D eigenvalue weighted by molar-refractivity contribution is 0.242. The molecule has 0 saturated heterocycles. The molecule has 4 aromatic rings. The highest BCUT2D eigenvalue weighted by Crippen LogP contribution is 2.69. The normalized spacial score (nSPS) is 22.8. The van der Waals surface area contributed by atoms with E-state index in [1.54, 1.807) is 29.5 Å². The number of nitrogens with zero attached hydrogens (tertiary/aromatic N) is 6. The fraction of sp³-hybridized carbons (Fsp3) is 0.292. The Labute approximate surface area is 183 Å². The summed E-state index contributed by atoms with van der Waals surface area (Å²) >= 11 is 0. The summed E-state index contributed by atoms with van der Waals surface area (Å²) in [6.07, 6.45) is 8.72. The van der Waals surface area contributed by atoms with Crippen molar-refractivity contribution in [3.8, 4) is 17.2 Å². The van der Waals surface area contributed by atoms with Crippen LogP contribution in [0.2, 0.25) is 0 Å².